The molecule has 1 saturated carbocycles. The van der Waals surface area contributed by atoms with Crippen molar-refractivity contribution < 1.29 is 47.5 Å². The second kappa shape index (κ2) is 21.6. The molecule has 11 nitrogen and oxygen atoms in total. The Morgan fingerprint density at radius 3 is 2.29 bits per heavy atom. The number of nitrogens with one attached hydrogen (secondary N) is 1. The number of esters is 1. The third-order valence-corrected chi connectivity index (χ3v) is 6.41. The number of carbonyl (C=O) groups is 2. The molecule has 1 rings (SSSR count). The summed E-state index contributed by atoms with van der Waals surface area (Å²) in [5.41, 5.74) is -0.522. The van der Waals surface area contributed by atoms with Gasteiger partial charge in [0.1, 0.15) is 19.2 Å². The van der Waals surface area contributed by atoms with E-state index in [1.165, 1.54) is 13.2 Å². The quantitative estimate of drug-likeness (QED) is 0.0681. The highest BCUT2D eigenvalue weighted by molar-refractivity contribution is 5.81. The van der Waals surface area contributed by atoms with Crippen LogP contribution in [0.2, 0.25) is 0 Å². The Morgan fingerprint density at radius 2 is 1.66 bits per heavy atom. The fourth-order valence-corrected chi connectivity index (χ4v) is 4.42. The first kappa shape index (κ1) is 37.0. The Labute approximate surface area is 246 Å². The van der Waals surface area contributed by atoms with Crippen molar-refractivity contribution in [2.75, 3.05) is 61.3 Å². The molecule has 41 heavy (non-hydrogen) atoms. The number of allylic oxidation sites excluding steroid dienone is 2. The number of alkyl carbamates (subject to hydrolysis) is 1. The molecule has 1 aliphatic carbocycles. The van der Waals surface area contributed by atoms with Crippen molar-refractivity contribution in [1.29, 1.82) is 0 Å². The van der Waals surface area contributed by atoms with Crippen molar-refractivity contribution in [3.05, 3.63) is 24.3 Å². The number of unbranched alkanes of at least 4 members (excludes halogenated alkanes) is 1. The Hall–Kier alpha value is -2.02. The van der Waals surface area contributed by atoms with Crippen LogP contribution in [-0.4, -0.2) is 97.3 Å². The van der Waals surface area contributed by atoms with Crippen LogP contribution in [0, 0.1) is 11.8 Å². The minimum Gasteiger partial charge on any atom is -0.466 e. The molecular weight excluding hydrogens is 534 g/mol. The van der Waals surface area contributed by atoms with Gasteiger partial charge in [-0.25, -0.2) is 9.59 Å². The van der Waals surface area contributed by atoms with Crippen molar-refractivity contribution in [1.82, 2.24) is 5.32 Å². The summed E-state index contributed by atoms with van der Waals surface area (Å²) in [5, 5.41) is 2.89. The standard InChI is InChI=1S/C30H53NO10/c1-23(31-29(33)41-30(2,3)4)11-9-8-10-12-24-19-25(39-21-37-17-15-34-5)20-26(24)27(13-14-28(32)36-7)40-22-38-18-16-35-6/h10,12-14,23-27H,8-9,11,15-22H2,1-7H3,(H,31,33)/b12-10+,14-13+/t23-,24+,25-,26+,27+/m0/s1. The van der Waals surface area contributed by atoms with Gasteiger partial charge in [-0.2, -0.15) is 0 Å². The van der Waals surface area contributed by atoms with Crippen LogP contribution in [0.3, 0.4) is 0 Å². The van der Waals surface area contributed by atoms with Gasteiger partial charge in [-0.3, -0.25) is 0 Å². The third kappa shape index (κ3) is 18.2. The van der Waals surface area contributed by atoms with Gasteiger partial charge in [-0.1, -0.05) is 12.2 Å². The van der Waals surface area contributed by atoms with E-state index >= 15 is 0 Å². The molecule has 5 atom stereocenters. The van der Waals surface area contributed by atoms with E-state index in [1.54, 1.807) is 20.3 Å². The highest BCUT2D eigenvalue weighted by Crippen LogP contribution is 2.39. The lowest BCUT2D eigenvalue weighted by Crippen LogP contribution is -2.37. The maximum Gasteiger partial charge on any atom is 0.407 e. The Balaban J connectivity index is 2.79. The van der Waals surface area contributed by atoms with E-state index in [0.29, 0.717) is 26.4 Å². The van der Waals surface area contributed by atoms with Crippen LogP contribution < -0.4 is 5.32 Å². The van der Waals surface area contributed by atoms with Gasteiger partial charge in [0.05, 0.1) is 45.7 Å². The minimum atomic E-state index is -0.522. The van der Waals surface area contributed by atoms with Gasteiger partial charge in [0.2, 0.25) is 0 Å². The largest absolute Gasteiger partial charge is 0.466 e. The van der Waals surface area contributed by atoms with E-state index in [0.717, 1.165) is 32.1 Å². The lowest BCUT2D eigenvalue weighted by molar-refractivity contribution is -0.135. The predicted molar refractivity (Wildman–Crippen MR) is 154 cm³/mol. The topological polar surface area (TPSA) is 120 Å². The van der Waals surface area contributed by atoms with Gasteiger partial charge in [-0.15, -0.1) is 0 Å². The molecule has 0 bridgehead atoms. The molecule has 0 unspecified atom stereocenters. The van der Waals surface area contributed by atoms with Crippen molar-refractivity contribution in [3.8, 4) is 0 Å². The first-order valence-electron chi connectivity index (χ1n) is 14.4. The van der Waals surface area contributed by atoms with Crippen LogP contribution in [0.4, 0.5) is 4.79 Å². The summed E-state index contributed by atoms with van der Waals surface area (Å²) in [6, 6.07) is 0.00714. The molecular formula is C30H53NO10. The van der Waals surface area contributed by atoms with Gasteiger partial charge in [0, 0.05) is 26.3 Å². The highest BCUT2D eigenvalue weighted by atomic mass is 16.7. The van der Waals surface area contributed by atoms with Crippen LogP contribution in [0.1, 0.15) is 59.8 Å². The molecule has 0 radical (unpaired) electrons. The Kier molecular flexibility index (Phi) is 19.5. The molecule has 0 aromatic rings. The number of methoxy groups -OCH3 is 3. The fraction of sp³-hybridized carbons (Fsp3) is 0.800. The smallest absolute Gasteiger partial charge is 0.407 e. The summed E-state index contributed by atoms with van der Waals surface area (Å²) < 4.78 is 43.3. The van der Waals surface area contributed by atoms with Crippen LogP contribution in [-0.2, 0) is 42.7 Å². The highest BCUT2D eigenvalue weighted by Gasteiger charge is 2.38. The summed E-state index contributed by atoms with van der Waals surface area (Å²) in [4.78, 5) is 23.8. The first-order valence-corrected chi connectivity index (χ1v) is 14.4. The van der Waals surface area contributed by atoms with Crippen molar-refractivity contribution in [2.24, 2.45) is 11.8 Å². The summed E-state index contributed by atoms with van der Waals surface area (Å²) >= 11 is 0. The summed E-state index contributed by atoms with van der Waals surface area (Å²) in [5.74, 6) is -0.241. The molecule has 11 heteroatoms. The molecule has 0 heterocycles. The number of hydrogen-bond donors (Lipinski definition) is 1. The molecule has 1 fully saturated rings. The molecule has 0 aliphatic heterocycles. The summed E-state index contributed by atoms with van der Waals surface area (Å²) in [6.07, 6.45) is 10.8. The van der Waals surface area contributed by atoms with E-state index in [4.69, 9.17) is 37.9 Å². The molecule has 1 N–H and O–H groups in total. The van der Waals surface area contributed by atoms with E-state index < -0.39 is 17.7 Å². The number of ether oxygens (including phenoxy) is 8. The zero-order valence-electron chi connectivity index (χ0n) is 26.1. The second-order valence-electron chi connectivity index (χ2n) is 11.0. The first-order chi connectivity index (χ1) is 19.6. The van der Waals surface area contributed by atoms with Gasteiger partial charge >= 0.3 is 12.1 Å². The molecule has 1 aliphatic rings. The average molecular weight is 588 g/mol. The van der Waals surface area contributed by atoms with Gasteiger partial charge in [-0.05, 0) is 77.7 Å². The molecule has 0 aromatic heterocycles. The normalized spacial score (nSPS) is 20.9. The maximum absolute atomic E-state index is 12.0. The van der Waals surface area contributed by atoms with E-state index in [9.17, 15) is 9.59 Å². The molecule has 0 saturated heterocycles. The zero-order chi connectivity index (χ0) is 30.5. The van der Waals surface area contributed by atoms with Gasteiger partial charge < -0.3 is 43.2 Å². The van der Waals surface area contributed by atoms with Crippen LogP contribution in [0.25, 0.3) is 0 Å². The number of rotatable bonds is 21. The van der Waals surface area contributed by atoms with E-state index in [-0.39, 0.29) is 43.7 Å². The minimum absolute atomic E-state index is 0.00714. The maximum atomic E-state index is 12.0. The van der Waals surface area contributed by atoms with Gasteiger partial charge in [0.25, 0.3) is 0 Å². The van der Waals surface area contributed by atoms with E-state index in [2.05, 4.69) is 17.5 Å². The van der Waals surface area contributed by atoms with Crippen LogP contribution in [0.15, 0.2) is 24.3 Å². The zero-order valence-corrected chi connectivity index (χ0v) is 26.1. The molecule has 238 valence electrons. The summed E-state index contributed by atoms with van der Waals surface area (Å²) in [6.45, 7) is 9.60. The van der Waals surface area contributed by atoms with Crippen LogP contribution in [0.5, 0.6) is 0 Å². The summed E-state index contributed by atoms with van der Waals surface area (Å²) in [7, 11) is 4.58. The van der Waals surface area contributed by atoms with E-state index in [1.807, 2.05) is 27.7 Å². The van der Waals surface area contributed by atoms with Crippen molar-refractivity contribution in [3.63, 3.8) is 0 Å². The monoisotopic (exact) mass is 587 g/mol. The molecule has 0 spiro atoms. The Bertz CT molecular complexity index is 767. The van der Waals surface area contributed by atoms with Crippen molar-refractivity contribution >= 4 is 12.1 Å². The fourth-order valence-electron chi connectivity index (χ4n) is 4.42. The molecule has 0 aromatic carbocycles. The second-order valence-corrected chi connectivity index (χ2v) is 11.0. The SMILES string of the molecule is COCCOCO[C@@H]1C[C@@H]([C@@H](/C=C/C(=O)OC)OCOCCOC)[C@H](/C=C/CCC[C@H](C)NC(=O)OC(C)(C)C)C1. The number of hydrogen-bond acceptors (Lipinski definition) is 10. The molecule has 1 amide bonds. The predicted octanol–water partition coefficient (Wildman–Crippen LogP) is 4.39. The van der Waals surface area contributed by atoms with Crippen molar-refractivity contribution in [2.45, 2.75) is 83.6 Å². The lowest BCUT2D eigenvalue weighted by atomic mass is 9.89. The average Bonchev–Trinajstić information content (AvgIpc) is 3.31. The van der Waals surface area contributed by atoms with Gasteiger partial charge in [0.15, 0.2) is 0 Å². The van der Waals surface area contributed by atoms with Crippen LogP contribution >= 0.6 is 0 Å². The number of carbonyl (C=O) groups excluding carboxylic acids is 2. The number of amides is 1. The third-order valence-electron chi connectivity index (χ3n) is 6.41. The Morgan fingerprint density at radius 1 is 0.976 bits per heavy atom. The lowest BCUT2D eigenvalue weighted by Gasteiger charge is -2.25.